The normalized spacial score (nSPS) is 13.9. The first-order chi connectivity index (χ1) is 16.6. The lowest BCUT2D eigenvalue weighted by Gasteiger charge is -2.27. The van der Waals surface area contributed by atoms with Gasteiger partial charge in [0.1, 0.15) is 17.4 Å². The van der Waals surface area contributed by atoms with E-state index in [-0.39, 0.29) is 19.1 Å². The highest BCUT2D eigenvalue weighted by atomic mass is 31.2. The van der Waals surface area contributed by atoms with Gasteiger partial charge in [-0.25, -0.2) is 9.36 Å². The molecule has 3 aromatic rings. The van der Waals surface area contributed by atoms with Crippen molar-refractivity contribution in [3.05, 3.63) is 70.6 Å². The maximum atomic E-state index is 13.7. The monoisotopic (exact) mass is 502 g/mol. The Kier molecular flexibility index (Phi) is 8.72. The van der Waals surface area contributed by atoms with Gasteiger partial charge in [0, 0.05) is 25.0 Å². The molecule has 2 aromatic carbocycles. The van der Waals surface area contributed by atoms with E-state index in [0.29, 0.717) is 17.0 Å². The number of hydrogen-bond donors (Lipinski definition) is 1. The molecule has 2 atom stereocenters. The molecule has 0 amide bonds. The van der Waals surface area contributed by atoms with Crippen molar-refractivity contribution >= 4 is 30.4 Å². The van der Waals surface area contributed by atoms with E-state index in [0.717, 1.165) is 10.9 Å². The summed E-state index contributed by atoms with van der Waals surface area (Å²) in [7, 11) is -0.931. The molecule has 9 nitrogen and oxygen atoms in total. The van der Waals surface area contributed by atoms with Crippen molar-refractivity contribution in [3.8, 4) is 5.75 Å². The molecule has 2 unspecified atom stereocenters. The van der Waals surface area contributed by atoms with E-state index in [1.807, 2.05) is 24.0 Å². The van der Waals surface area contributed by atoms with Gasteiger partial charge in [-0.2, -0.15) is 5.09 Å². The molecule has 10 heteroatoms. The fraction of sp³-hybridized carbons (Fsp3) is 0.360. The lowest BCUT2D eigenvalue weighted by molar-refractivity contribution is -0.143. The van der Waals surface area contributed by atoms with Crippen LogP contribution in [0.15, 0.2) is 63.8 Å². The maximum absolute atomic E-state index is 13.7. The molecular weight excluding hydrogens is 471 g/mol. The molecule has 0 spiro atoms. The van der Waals surface area contributed by atoms with Crippen LogP contribution >= 0.6 is 7.75 Å². The first kappa shape index (κ1) is 26.5. The number of carbonyl (C=O) groups is 1. The summed E-state index contributed by atoms with van der Waals surface area (Å²) in [5.74, 6) is -0.485. The Morgan fingerprint density at radius 1 is 1.14 bits per heavy atom. The summed E-state index contributed by atoms with van der Waals surface area (Å²) in [4.78, 5) is 26.1. The zero-order valence-corrected chi connectivity index (χ0v) is 21.4. The van der Waals surface area contributed by atoms with Crippen LogP contribution in [0.1, 0.15) is 19.4 Å². The summed E-state index contributed by atoms with van der Waals surface area (Å²) < 4.78 is 35.3. The Morgan fingerprint density at radius 2 is 1.86 bits per heavy atom. The molecule has 1 heterocycles. The van der Waals surface area contributed by atoms with Crippen LogP contribution in [-0.2, 0) is 18.6 Å². The lowest BCUT2D eigenvalue weighted by Crippen LogP contribution is -2.41. The number of aryl methyl sites for hydroxylation is 1. The molecule has 0 radical (unpaired) electrons. The minimum Gasteiger partial charge on any atom is -0.468 e. The third kappa shape index (κ3) is 6.94. The highest BCUT2D eigenvalue weighted by Gasteiger charge is 2.36. The second-order valence-corrected chi connectivity index (χ2v) is 10.2. The number of hydrogen-bond acceptors (Lipinski definition) is 8. The van der Waals surface area contributed by atoms with Gasteiger partial charge in [-0.1, -0.05) is 43.7 Å². The highest BCUT2D eigenvalue weighted by Crippen LogP contribution is 2.45. The molecule has 3 rings (SSSR count). The summed E-state index contributed by atoms with van der Waals surface area (Å²) in [6, 6.07) is 14.6. The van der Waals surface area contributed by atoms with E-state index in [4.69, 9.17) is 18.2 Å². The number of ether oxygens (including phenoxy) is 1. The van der Waals surface area contributed by atoms with E-state index < -0.39 is 25.4 Å². The summed E-state index contributed by atoms with van der Waals surface area (Å²) >= 11 is 0. The maximum Gasteiger partial charge on any atom is 0.459 e. The van der Waals surface area contributed by atoms with E-state index in [1.165, 1.54) is 13.2 Å². The van der Waals surface area contributed by atoms with Crippen molar-refractivity contribution < 1.29 is 27.6 Å². The molecule has 0 aliphatic carbocycles. The van der Waals surface area contributed by atoms with E-state index in [2.05, 4.69) is 5.09 Å². The molecule has 0 aliphatic heterocycles. The minimum absolute atomic E-state index is 0.0207. The summed E-state index contributed by atoms with van der Waals surface area (Å²) in [6.45, 7) is 5.80. The number of nitrogens with zero attached hydrogens (tertiary/aromatic N) is 1. The fourth-order valence-electron chi connectivity index (χ4n) is 3.48. The van der Waals surface area contributed by atoms with Crippen LogP contribution in [0.5, 0.6) is 5.75 Å². The van der Waals surface area contributed by atoms with E-state index in [9.17, 15) is 14.2 Å². The summed E-state index contributed by atoms with van der Waals surface area (Å²) in [5, 5.41) is 3.52. The Labute approximate surface area is 204 Å². The van der Waals surface area contributed by atoms with Gasteiger partial charge in [-0.3, -0.25) is 9.32 Å². The van der Waals surface area contributed by atoms with Gasteiger partial charge in [0.2, 0.25) is 0 Å². The number of para-hydroxylation sites is 1. The molecule has 188 valence electrons. The first-order valence-electron chi connectivity index (χ1n) is 11.2. The third-order valence-corrected chi connectivity index (χ3v) is 6.93. The van der Waals surface area contributed by atoms with Crippen LogP contribution in [-0.4, -0.2) is 39.3 Å². The molecule has 0 aliphatic rings. The predicted octanol–water partition coefficient (Wildman–Crippen LogP) is 4.53. The van der Waals surface area contributed by atoms with Crippen LogP contribution in [0, 0.1) is 12.8 Å². The van der Waals surface area contributed by atoms with Crippen molar-refractivity contribution in [2.75, 3.05) is 32.2 Å². The number of carbonyl (C=O) groups excluding carboxylic acids is 1. The second kappa shape index (κ2) is 11.5. The van der Waals surface area contributed by atoms with Crippen LogP contribution in [0.3, 0.4) is 0 Å². The van der Waals surface area contributed by atoms with Crippen LogP contribution < -0.4 is 20.1 Å². The predicted molar refractivity (Wildman–Crippen MR) is 135 cm³/mol. The lowest BCUT2D eigenvalue weighted by atomic mass is 10.1. The number of fused-ring (bicyclic) bond motifs is 1. The van der Waals surface area contributed by atoms with Crippen molar-refractivity contribution in [1.82, 2.24) is 5.09 Å². The first-order valence-corrected chi connectivity index (χ1v) is 12.8. The van der Waals surface area contributed by atoms with Gasteiger partial charge in [-0.15, -0.1) is 0 Å². The Morgan fingerprint density at radius 3 is 2.51 bits per heavy atom. The van der Waals surface area contributed by atoms with Gasteiger partial charge < -0.3 is 18.6 Å². The topological polar surface area (TPSA) is 107 Å². The molecular formula is C25H31N2O7P. The number of esters is 1. The van der Waals surface area contributed by atoms with Crippen LogP contribution in [0.4, 0.5) is 5.69 Å². The molecule has 0 fully saturated rings. The van der Waals surface area contributed by atoms with E-state index >= 15 is 0 Å². The van der Waals surface area contributed by atoms with Gasteiger partial charge in [-0.05, 0) is 37.1 Å². The smallest absolute Gasteiger partial charge is 0.459 e. The zero-order chi connectivity index (χ0) is 25.6. The Balaban J connectivity index is 1.80. The van der Waals surface area contributed by atoms with Gasteiger partial charge in [0.25, 0.3) is 0 Å². The molecule has 0 bridgehead atoms. The molecule has 1 aromatic heterocycles. The Bertz CT molecular complexity index is 1260. The number of rotatable bonds is 11. The van der Waals surface area contributed by atoms with Gasteiger partial charge in [0.15, 0.2) is 0 Å². The van der Waals surface area contributed by atoms with Crippen LogP contribution in [0.25, 0.3) is 11.0 Å². The van der Waals surface area contributed by atoms with Gasteiger partial charge in [0.05, 0.1) is 19.4 Å². The largest absolute Gasteiger partial charge is 0.468 e. The average Bonchev–Trinajstić information content (AvgIpc) is 2.82. The number of likely N-dealkylation sites (N-methyl/N-ethyl adjacent to an activating group) is 1. The van der Waals surface area contributed by atoms with Crippen molar-refractivity contribution in [2.24, 2.45) is 5.92 Å². The molecule has 1 N–H and O–H groups in total. The summed E-state index contributed by atoms with van der Waals surface area (Å²) in [6.07, 6.45) is 0. The average molecular weight is 503 g/mol. The van der Waals surface area contributed by atoms with Crippen molar-refractivity contribution in [1.29, 1.82) is 0 Å². The quantitative estimate of drug-likeness (QED) is 0.230. The number of anilines is 1. The molecule has 35 heavy (non-hydrogen) atoms. The summed E-state index contributed by atoms with van der Waals surface area (Å²) in [5.41, 5.74) is 1.68. The fourth-order valence-corrected chi connectivity index (χ4v) is 5.12. The number of methoxy groups -OCH3 is 1. The van der Waals surface area contributed by atoms with Crippen molar-refractivity contribution in [3.63, 3.8) is 0 Å². The minimum atomic E-state index is -3.99. The Hall–Kier alpha value is -3.13. The van der Waals surface area contributed by atoms with E-state index in [1.54, 1.807) is 57.3 Å². The molecule has 0 saturated carbocycles. The van der Waals surface area contributed by atoms with Gasteiger partial charge >= 0.3 is 19.3 Å². The van der Waals surface area contributed by atoms with Crippen molar-refractivity contribution in [2.45, 2.75) is 26.8 Å². The standard InChI is InChI=1S/C25H31N2O7P/c1-17(2)24(25(29)31-5)26-35(30,34-19-9-7-6-8-10-19)32-14-13-27(4)21-16-23(28)33-22-12-11-18(3)15-20(21)22/h6-12,15-17,24H,13-14H2,1-5H3,(H,26,30). The zero-order valence-electron chi connectivity index (χ0n) is 20.5. The van der Waals surface area contributed by atoms with Crippen LogP contribution in [0.2, 0.25) is 0 Å². The third-order valence-electron chi connectivity index (χ3n) is 5.36. The number of nitrogens with one attached hydrogen (secondary N) is 1. The highest BCUT2D eigenvalue weighted by molar-refractivity contribution is 7.52. The molecule has 0 saturated heterocycles. The second-order valence-electron chi connectivity index (χ2n) is 8.48. The SMILES string of the molecule is COC(=O)C(NP(=O)(OCCN(C)c1cc(=O)oc2ccc(C)cc12)Oc1ccccc1)C(C)C. The number of benzene rings is 2.